The minimum atomic E-state index is -0.516. The molecule has 2 aliphatic rings. The summed E-state index contributed by atoms with van der Waals surface area (Å²) in [4.78, 5) is 24.5. The van der Waals surface area contributed by atoms with Gasteiger partial charge in [0.1, 0.15) is 22.7 Å². The zero-order valence-corrected chi connectivity index (χ0v) is 27.6. The fourth-order valence-electron chi connectivity index (χ4n) is 6.24. The van der Waals surface area contributed by atoms with Crippen LogP contribution in [0.3, 0.4) is 0 Å². The number of rotatable bonds is 13. The van der Waals surface area contributed by atoms with Crippen LogP contribution in [0.15, 0.2) is 23.8 Å². The Morgan fingerprint density at radius 3 is 2.45 bits per heavy atom. The molecule has 7 nitrogen and oxygen atoms in total. The van der Waals surface area contributed by atoms with E-state index in [1.165, 1.54) is 38.4 Å². The van der Waals surface area contributed by atoms with Crippen LogP contribution in [0, 0.1) is 5.92 Å². The van der Waals surface area contributed by atoms with E-state index in [2.05, 4.69) is 52.1 Å². The van der Waals surface area contributed by atoms with Gasteiger partial charge in [0.25, 0.3) is 0 Å². The molecule has 1 aromatic carbocycles. The van der Waals surface area contributed by atoms with Crippen LogP contribution in [-0.4, -0.2) is 43.5 Å². The predicted octanol–water partition coefficient (Wildman–Crippen LogP) is 8.38. The van der Waals surface area contributed by atoms with Crippen LogP contribution in [0.4, 0.5) is 4.79 Å². The van der Waals surface area contributed by atoms with E-state index in [0.717, 1.165) is 48.3 Å². The highest BCUT2D eigenvalue weighted by Gasteiger charge is 2.47. The Morgan fingerprint density at radius 2 is 1.79 bits per heavy atom. The zero-order valence-electron chi connectivity index (χ0n) is 27.6. The first-order valence-electron chi connectivity index (χ1n) is 15.9. The predicted molar refractivity (Wildman–Crippen MR) is 167 cm³/mol. The van der Waals surface area contributed by atoms with Gasteiger partial charge in [-0.05, 0) is 89.8 Å². The highest BCUT2D eigenvalue weighted by Crippen LogP contribution is 2.55. The Hall–Kier alpha value is -2.70. The number of nitrogens with one attached hydrogen (secondary N) is 1. The first kappa shape index (κ1) is 33.8. The van der Waals surface area contributed by atoms with Crippen LogP contribution in [0.2, 0.25) is 0 Å². The molecule has 0 unspecified atom stereocenters. The average molecular weight is 586 g/mol. The number of carbonyl (C=O) groups excluding carboxylic acids is 2. The standard InChI is InChI=1S/C35H55NO6/c1-10-11-12-13-18-34(5,6)25-22-28(40-20-15-14-19-36-32(38)42-33(2,3)4)30-26-21-24(31(37)39-9)16-17-27(26)35(7,8)41-29(30)23-25/h16,22-23,26-27H,10-15,17-21H2,1-9H3,(H,36,38)/t26-,27-/m1/s1. The molecule has 1 N–H and O–H groups in total. The van der Waals surface area contributed by atoms with Crippen LogP contribution in [0.5, 0.6) is 11.5 Å². The number of ether oxygens (including phenoxy) is 4. The van der Waals surface area contributed by atoms with E-state index in [1.54, 1.807) is 0 Å². The number of fused-ring (bicyclic) bond motifs is 3. The van der Waals surface area contributed by atoms with E-state index in [-0.39, 0.29) is 28.8 Å². The number of carbonyl (C=O) groups is 2. The molecule has 0 aromatic heterocycles. The van der Waals surface area contributed by atoms with Crippen molar-refractivity contribution in [2.24, 2.45) is 5.92 Å². The molecular weight excluding hydrogens is 530 g/mol. The van der Waals surface area contributed by atoms with Gasteiger partial charge in [0.15, 0.2) is 0 Å². The molecule has 0 radical (unpaired) electrons. The first-order valence-corrected chi connectivity index (χ1v) is 15.9. The van der Waals surface area contributed by atoms with Crippen molar-refractivity contribution in [1.82, 2.24) is 5.32 Å². The van der Waals surface area contributed by atoms with Crippen molar-refractivity contribution in [3.8, 4) is 11.5 Å². The molecule has 3 rings (SSSR count). The first-order chi connectivity index (χ1) is 19.7. The average Bonchev–Trinajstić information content (AvgIpc) is 2.90. The molecular formula is C35H55NO6. The third kappa shape index (κ3) is 8.90. The monoisotopic (exact) mass is 585 g/mol. The van der Waals surface area contributed by atoms with Crippen LogP contribution >= 0.6 is 0 Å². The van der Waals surface area contributed by atoms with E-state index >= 15 is 0 Å². The number of hydrogen-bond acceptors (Lipinski definition) is 6. The van der Waals surface area contributed by atoms with Gasteiger partial charge in [-0.3, -0.25) is 0 Å². The number of unbranched alkanes of at least 4 members (excludes halogenated alkanes) is 4. The summed E-state index contributed by atoms with van der Waals surface area (Å²) in [5, 5.41) is 2.83. The third-order valence-corrected chi connectivity index (χ3v) is 8.67. The SMILES string of the molecule is CCCCCCC(C)(C)c1cc(OCCCCNC(=O)OC(C)(C)C)c2c(c1)OC(C)(C)[C@@H]1CC=C(C(=O)OC)C[C@@H]21. The maximum absolute atomic E-state index is 12.5. The molecule has 42 heavy (non-hydrogen) atoms. The summed E-state index contributed by atoms with van der Waals surface area (Å²) in [6, 6.07) is 4.44. The van der Waals surface area contributed by atoms with Gasteiger partial charge < -0.3 is 24.3 Å². The van der Waals surface area contributed by atoms with Gasteiger partial charge in [0.05, 0.1) is 13.7 Å². The van der Waals surface area contributed by atoms with Crippen LogP contribution in [0.1, 0.15) is 130 Å². The van der Waals surface area contributed by atoms with Gasteiger partial charge in [-0.2, -0.15) is 0 Å². The second kappa shape index (κ2) is 14.2. The molecule has 0 saturated heterocycles. The summed E-state index contributed by atoms with van der Waals surface area (Å²) in [5.41, 5.74) is 2.06. The Kier molecular flexibility index (Phi) is 11.4. The Labute approximate surface area is 254 Å². The molecule has 0 bridgehead atoms. The van der Waals surface area contributed by atoms with Gasteiger partial charge >= 0.3 is 12.1 Å². The molecule has 1 amide bonds. The van der Waals surface area contributed by atoms with E-state index in [4.69, 9.17) is 18.9 Å². The molecule has 2 atom stereocenters. The molecule has 236 valence electrons. The largest absolute Gasteiger partial charge is 0.493 e. The van der Waals surface area contributed by atoms with E-state index in [0.29, 0.717) is 19.6 Å². The second-order valence-electron chi connectivity index (χ2n) is 14.1. The summed E-state index contributed by atoms with van der Waals surface area (Å²) >= 11 is 0. The van der Waals surface area contributed by atoms with Crippen molar-refractivity contribution >= 4 is 12.1 Å². The van der Waals surface area contributed by atoms with Gasteiger partial charge in [0, 0.05) is 29.5 Å². The number of esters is 1. The van der Waals surface area contributed by atoms with Crippen LogP contribution in [0.25, 0.3) is 0 Å². The molecule has 7 heteroatoms. The van der Waals surface area contributed by atoms with Crippen molar-refractivity contribution in [2.45, 2.75) is 136 Å². The smallest absolute Gasteiger partial charge is 0.407 e. The van der Waals surface area contributed by atoms with Crippen molar-refractivity contribution in [3.05, 3.63) is 34.9 Å². The van der Waals surface area contributed by atoms with E-state index < -0.39 is 11.7 Å². The number of amides is 1. The fraction of sp³-hybridized carbons (Fsp3) is 0.714. The Bertz CT molecular complexity index is 1110. The van der Waals surface area contributed by atoms with E-state index in [1.807, 2.05) is 26.8 Å². The number of alkyl carbamates (subject to hydrolysis) is 1. The Morgan fingerprint density at radius 1 is 1.05 bits per heavy atom. The summed E-state index contributed by atoms with van der Waals surface area (Å²) in [7, 11) is 1.44. The minimum absolute atomic E-state index is 0.0355. The van der Waals surface area contributed by atoms with Gasteiger partial charge in [0.2, 0.25) is 0 Å². The number of benzene rings is 1. The summed E-state index contributed by atoms with van der Waals surface area (Å²) in [5.74, 6) is 1.76. The van der Waals surface area contributed by atoms with Crippen molar-refractivity contribution in [3.63, 3.8) is 0 Å². The third-order valence-electron chi connectivity index (χ3n) is 8.67. The highest BCUT2D eigenvalue weighted by atomic mass is 16.6. The normalized spacial score (nSPS) is 19.5. The molecule has 1 aliphatic carbocycles. The van der Waals surface area contributed by atoms with Crippen molar-refractivity contribution in [2.75, 3.05) is 20.3 Å². The number of hydrogen-bond donors (Lipinski definition) is 1. The minimum Gasteiger partial charge on any atom is -0.493 e. The van der Waals surface area contributed by atoms with E-state index in [9.17, 15) is 9.59 Å². The van der Waals surface area contributed by atoms with Crippen LogP contribution in [-0.2, 0) is 19.7 Å². The highest BCUT2D eigenvalue weighted by molar-refractivity contribution is 5.88. The van der Waals surface area contributed by atoms with Crippen molar-refractivity contribution in [1.29, 1.82) is 0 Å². The fourth-order valence-corrected chi connectivity index (χ4v) is 6.24. The van der Waals surface area contributed by atoms with Crippen LogP contribution < -0.4 is 14.8 Å². The number of methoxy groups -OCH3 is 1. The second-order valence-corrected chi connectivity index (χ2v) is 14.1. The lowest BCUT2D eigenvalue weighted by Gasteiger charge is -2.47. The quantitative estimate of drug-likeness (QED) is 0.185. The van der Waals surface area contributed by atoms with Gasteiger partial charge in [-0.15, -0.1) is 0 Å². The molecule has 0 spiro atoms. The molecule has 1 aliphatic heterocycles. The van der Waals surface area contributed by atoms with Crippen molar-refractivity contribution < 1.29 is 28.5 Å². The topological polar surface area (TPSA) is 83.1 Å². The number of allylic oxidation sites excluding steroid dienone is 1. The molecule has 0 saturated carbocycles. The maximum atomic E-state index is 12.5. The molecule has 1 aromatic rings. The van der Waals surface area contributed by atoms with Gasteiger partial charge in [-0.1, -0.05) is 52.5 Å². The summed E-state index contributed by atoms with van der Waals surface area (Å²) in [6.45, 7) is 17.8. The lowest BCUT2D eigenvalue weighted by atomic mass is 9.66. The Balaban J connectivity index is 1.85. The lowest BCUT2D eigenvalue weighted by Crippen LogP contribution is -2.46. The summed E-state index contributed by atoms with van der Waals surface area (Å²) in [6.07, 6.45) is 10.5. The summed E-state index contributed by atoms with van der Waals surface area (Å²) < 4.78 is 23.7. The van der Waals surface area contributed by atoms with Gasteiger partial charge in [-0.25, -0.2) is 9.59 Å². The molecule has 0 fully saturated rings. The maximum Gasteiger partial charge on any atom is 0.407 e. The molecule has 1 heterocycles. The lowest BCUT2D eigenvalue weighted by molar-refractivity contribution is -0.136. The zero-order chi connectivity index (χ0) is 31.1.